The van der Waals surface area contributed by atoms with Crippen molar-refractivity contribution in [1.29, 1.82) is 0 Å². The normalized spacial score (nSPS) is 35.9. The molecule has 0 unspecified atom stereocenters. The summed E-state index contributed by atoms with van der Waals surface area (Å²) >= 11 is 0. The average molecular weight is 231 g/mol. The van der Waals surface area contributed by atoms with E-state index in [0.29, 0.717) is 12.8 Å². The molecule has 3 nitrogen and oxygen atoms in total. The highest BCUT2D eigenvalue weighted by molar-refractivity contribution is 6.02. The van der Waals surface area contributed by atoms with Crippen molar-refractivity contribution < 1.29 is 9.59 Å². The Morgan fingerprint density at radius 3 is 2.59 bits per heavy atom. The lowest BCUT2D eigenvalue weighted by molar-refractivity contribution is -0.136. The number of allylic oxidation sites excluding steroid dienone is 2. The van der Waals surface area contributed by atoms with Gasteiger partial charge in [0, 0.05) is 18.3 Å². The van der Waals surface area contributed by atoms with Crippen LogP contribution in [0.1, 0.15) is 40.0 Å². The Bertz CT molecular complexity index is 467. The first-order chi connectivity index (χ1) is 7.81. The van der Waals surface area contributed by atoms with E-state index in [1.165, 1.54) is 0 Å². The van der Waals surface area contributed by atoms with Gasteiger partial charge in [0.15, 0.2) is 5.78 Å². The molecule has 90 valence electrons. The van der Waals surface area contributed by atoms with Gasteiger partial charge < -0.3 is 4.79 Å². The van der Waals surface area contributed by atoms with E-state index >= 15 is 0 Å². The number of hydrogen-bond donors (Lipinski definition) is 0. The highest BCUT2D eigenvalue weighted by Crippen LogP contribution is 2.54. The highest BCUT2D eigenvalue weighted by Gasteiger charge is 2.53. The van der Waals surface area contributed by atoms with Gasteiger partial charge >= 0.3 is 0 Å². The lowest BCUT2D eigenvalue weighted by Gasteiger charge is -2.50. The fourth-order valence-corrected chi connectivity index (χ4v) is 3.56. The van der Waals surface area contributed by atoms with Crippen LogP contribution in [0.25, 0.3) is 4.85 Å². The summed E-state index contributed by atoms with van der Waals surface area (Å²) in [5, 5.41) is 0. The van der Waals surface area contributed by atoms with Crippen LogP contribution in [0.4, 0.5) is 0 Å². The van der Waals surface area contributed by atoms with Gasteiger partial charge in [0.05, 0.1) is 6.57 Å². The Morgan fingerprint density at radius 1 is 1.35 bits per heavy atom. The second-order valence-corrected chi connectivity index (χ2v) is 6.00. The van der Waals surface area contributed by atoms with E-state index in [0.717, 1.165) is 6.42 Å². The number of fused-ring (bicyclic) bond motifs is 1. The minimum atomic E-state index is -0.524. The fraction of sp³-hybridized carbons (Fsp3) is 0.643. The maximum Gasteiger partial charge on any atom is 0.226 e. The molecule has 3 heteroatoms. The summed E-state index contributed by atoms with van der Waals surface area (Å²) in [5.41, 5.74) is -0.625. The van der Waals surface area contributed by atoms with E-state index < -0.39 is 5.41 Å². The molecule has 0 aromatic heterocycles. The minimum Gasteiger partial charge on any atom is -0.307 e. The van der Waals surface area contributed by atoms with Gasteiger partial charge in [-0.05, 0) is 17.8 Å². The van der Waals surface area contributed by atoms with Crippen molar-refractivity contribution in [3.63, 3.8) is 0 Å². The van der Waals surface area contributed by atoms with Crippen molar-refractivity contribution in [2.24, 2.45) is 16.7 Å². The van der Waals surface area contributed by atoms with Gasteiger partial charge in [0.2, 0.25) is 5.70 Å². The molecule has 17 heavy (non-hydrogen) atoms. The maximum absolute atomic E-state index is 12.2. The van der Waals surface area contributed by atoms with Crippen molar-refractivity contribution in [3.8, 4) is 0 Å². The van der Waals surface area contributed by atoms with Gasteiger partial charge in [0.25, 0.3) is 0 Å². The van der Waals surface area contributed by atoms with Crippen molar-refractivity contribution in [3.05, 3.63) is 23.2 Å². The SMILES string of the molecule is [C-]#[N+]C1=C[C@@]2(C)CC(=O)CC[C@@H]2C(C)(C)C1=O. The molecular formula is C14H17NO2. The average Bonchev–Trinajstić information content (AvgIpc) is 2.23. The molecule has 2 aliphatic carbocycles. The zero-order chi connectivity index (χ0) is 12.8. The molecule has 2 atom stereocenters. The van der Waals surface area contributed by atoms with Crippen molar-refractivity contribution in [1.82, 2.24) is 0 Å². The predicted molar refractivity (Wildman–Crippen MR) is 63.9 cm³/mol. The van der Waals surface area contributed by atoms with E-state index in [1.807, 2.05) is 20.8 Å². The monoisotopic (exact) mass is 231 g/mol. The molecule has 0 N–H and O–H groups in total. The molecule has 0 bridgehead atoms. The van der Waals surface area contributed by atoms with Crippen LogP contribution in [0, 0.1) is 23.3 Å². The number of Topliss-reactive ketones (excluding diaryl/α,β-unsaturated/α-hetero) is 2. The molecule has 0 heterocycles. The number of ketones is 2. The largest absolute Gasteiger partial charge is 0.307 e. The molecule has 0 aromatic rings. The van der Waals surface area contributed by atoms with Crippen LogP contribution in [0.2, 0.25) is 0 Å². The standard InChI is InChI=1S/C14H17NO2/c1-13(2)11-6-5-9(16)7-14(11,3)8-10(15-4)12(13)17/h8,11H,5-7H2,1-3H3/t11-,14-/m1/s1. The van der Waals surface area contributed by atoms with Crippen LogP contribution in [0.15, 0.2) is 11.8 Å². The quantitative estimate of drug-likeness (QED) is 0.601. The van der Waals surface area contributed by atoms with Crippen LogP contribution >= 0.6 is 0 Å². The van der Waals surface area contributed by atoms with Crippen molar-refractivity contribution >= 4 is 11.6 Å². The summed E-state index contributed by atoms with van der Waals surface area (Å²) in [5.74, 6) is 0.351. The van der Waals surface area contributed by atoms with Gasteiger partial charge in [-0.1, -0.05) is 26.8 Å². The third kappa shape index (κ3) is 1.63. The Balaban J connectivity index is 2.55. The van der Waals surface area contributed by atoms with Crippen LogP contribution < -0.4 is 0 Å². The van der Waals surface area contributed by atoms with Gasteiger partial charge in [-0.2, -0.15) is 0 Å². The van der Waals surface area contributed by atoms with Crippen LogP contribution in [0.5, 0.6) is 0 Å². The second-order valence-electron chi connectivity index (χ2n) is 6.00. The highest BCUT2D eigenvalue weighted by atomic mass is 16.1. The molecule has 0 aromatic carbocycles. The van der Waals surface area contributed by atoms with Gasteiger partial charge in [-0.15, -0.1) is 0 Å². The Morgan fingerprint density at radius 2 is 2.00 bits per heavy atom. The summed E-state index contributed by atoms with van der Waals surface area (Å²) in [6.45, 7) is 12.9. The first-order valence-electron chi connectivity index (χ1n) is 5.98. The predicted octanol–water partition coefficient (Wildman–Crippen LogP) is 2.77. The lowest BCUT2D eigenvalue weighted by atomic mass is 9.53. The summed E-state index contributed by atoms with van der Waals surface area (Å²) in [6.07, 6.45) is 3.54. The molecule has 0 spiro atoms. The first kappa shape index (κ1) is 12.0. The summed E-state index contributed by atoms with van der Waals surface area (Å²) in [6, 6.07) is 0. The van der Waals surface area contributed by atoms with Crippen LogP contribution in [-0.2, 0) is 9.59 Å². The first-order valence-corrected chi connectivity index (χ1v) is 5.98. The van der Waals surface area contributed by atoms with E-state index in [2.05, 4.69) is 4.85 Å². The summed E-state index contributed by atoms with van der Waals surface area (Å²) in [4.78, 5) is 27.1. The number of carbonyl (C=O) groups is 2. The Kier molecular flexibility index (Phi) is 2.50. The van der Waals surface area contributed by atoms with Crippen LogP contribution in [0.3, 0.4) is 0 Å². The van der Waals surface area contributed by atoms with E-state index in [9.17, 15) is 9.59 Å². The maximum atomic E-state index is 12.2. The molecule has 0 aliphatic heterocycles. The zero-order valence-corrected chi connectivity index (χ0v) is 10.5. The van der Waals surface area contributed by atoms with Gasteiger partial charge in [-0.25, -0.2) is 4.85 Å². The van der Waals surface area contributed by atoms with Crippen molar-refractivity contribution in [2.75, 3.05) is 0 Å². The second kappa shape index (κ2) is 3.53. The number of nitrogens with zero attached hydrogens (tertiary/aromatic N) is 1. The van der Waals surface area contributed by atoms with Crippen LogP contribution in [-0.4, -0.2) is 11.6 Å². The molecule has 2 aliphatic rings. The molecule has 2 rings (SSSR count). The minimum absolute atomic E-state index is 0.0654. The van der Waals surface area contributed by atoms with Gasteiger partial charge in [-0.3, -0.25) is 4.79 Å². The number of hydrogen-bond acceptors (Lipinski definition) is 2. The third-order valence-corrected chi connectivity index (χ3v) is 4.36. The Labute approximate surface area is 102 Å². The molecule has 1 saturated carbocycles. The summed E-state index contributed by atoms with van der Waals surface area (Å²) < 4.78 is 0. The molecule has 0 amide bonds. The molecule has 0 saturated heterocycles. The topological polar surface area (TPSA) is 38.5 Å². The van der Waals surface area contributed by atoms with E-state index in [-0.39, 0.29) is 28.6 Å². The molecular weight excluding hydrogens is 214 g/mol. The molecule has 0 radical (unpaired) electrons. The zero-order valence-electron chi connectivity index (χ0n) is 10.5. The molecule has 1 fully saturated rings. The number of rotatable bonds is 0. The smallest absolute Gasteiger partial charge is 0.226 e. The lowest BCUT2D eigenvalue weighted by Crippen LogP contribution is -2.49. The van der Waals surface area contributed by atoms with E-state index in [1.54, 1.807) is 6.08 Å². The van der Waals surface area contributed by atoms with Crippen molar-refractivity contribution in [2.45, 2.75) is 40.0 Å². The fourth-order valence-electron chi connectivity index (χ4n) is 3.56. The Hall–Kier alpha value is -1.43. The van der Waals surface area contributed by atoms with E-state index in [4.69, 9.17) is 6.57 Å². The van der Waals surface area contributed by atoms with Gasteiger partial charge in [0.1, 0.15) is 5.78 Å². The number of carbonyl (C=O) groups excluding carboxylic acids is 2. The third-order valence-electron chi connectivity index (χ3n) is 4.36. The summed E-state index contributed by atoms with van der Waals surface area (Å²) in [7, 11) is 0.